The van der Waals surface area contributed by atoms with E-state index in [1.165, 1.54) is 0 Å². The Morgan fingerprint density at radius 1 is 1.19 bits per heavy atom. The van der Waals surface area contributed by atoms with Crippen LogP contribution in [0.15, 0.2) is 47.1 Å². The van der Waals surface area contributed by atoms with Crippen LogP contribution < -0.4 is 16.2 Å². The summed E-state index contributed by atoms with van der Waals surface area (Å²) >= 11 is 0. The zero-order valence-corrected chi connectivity index (χ0v) is 11.8. The summed E-state index contributed by atoms with van der Waals surface area (Å²) in [7, 11) is 0. The van der Waals surface area contributed by atoms with Gasteiger partial charge in [0.25, 0.3) is 5.91 Å². The highest BCUT2D eigenvalue weighted by Crippen LogP contribution is 2.19. The Morgan fingerprint density at radius 3 is 2.62 bits per heavy atom. The third kappa shape index (κ3) is 3.51. The molecule has 5 heteroatoms. The van der Waals surface area contributed by atoms with Crippen LogP contribution in [0.4, 0.5) is 0 Å². The zero-order chi connectivity index (χ0) is 14.5. The van der Waals surface area contributed by atoms with Crippen molar-refractivity contribution in [3.8, 4) is 11.3 Å². The molecule has 0 unspecified atom stereocenters. The summed E-state index contributed by atoms with van der Waals surface area (Å²) in [5.41, 5.74) is 7.83. The van der Waals surface area contributed by atoms with Gasteiger partial charge in [-0.2, -0.15) is 0 Å². The summed E-state index contributed by atoms with van der Waals surface area (Å²) in [6.45, 7) is 2.63. The second-order valence-corrected chi connectivity index (χ2v) is 5.23. The molecule has 2 aromatic rings. The van der Waals surface area contributed by atoms with Crippen LogP contribution in [-0.4, -0.2) is 25.5 Å². The number of amides is 1. The van der Waals surface area contributed by atoms with Gasteiger partial charge in [-0.25, -0.2) is 0 Å². The van der Waals surface area contributed by atoms with Gasteiger partial charge in [0.2, 0.25) is 0 Å². The van der Waals surface area contributed by atoms with E-state index >= 15 is 0 Å². The van der Waals surface area contributed by atoms with Gasteiger partial charge in [-0.3, -0.25) is 15.6 Å². The van der Waals surface area contributed by atoms with E-state index in [0.717, 1.165) is 30.8 Å². The molecule has 1 fully saturated rings. The smallest absolute Gasteiger partial charge is 0.251 e. The Morgan fingerprint density at radius 2 is 1.95 bits per heavy atom. The van der Waals surface area contributed by atoms with Crippen molar-refractivity contribution in [2.75, 3.05) is 19.6 Å². The molecule has 1 saturated heterocycles. The molecule has 110 valence electrons. The second kappa shape index (κ2) is 6.56. The molecule has 0 atom stereocenters. The number of nitrogens with one attached hydrogen (secondary N) is 3. The van der Waals surface area contributed by atoms with E-state index in [-0.39, 0.29) is 5.91 Å². The number of furan rings is 1. The average molecular weight is 285 g/mol. The number of hydrogen-bond acceptors (Lipinski definition) is 4. The fraction of sp³-hybridized carbons (Fsp3) is 0.312. The Balaban J connectivity index is 1.52. The lowest BCUT2D eigenvalue weighted by Gasteiger charge is -2.09. The molecular formula is C16H19N3O2. The highest BCUT2D eigenvalue weighted by molar-refractivity contribution is 5.94. The first kappa shape index (κ1) is 13.9. The summed E-state index contributed by atoms with van der Waals surface area (Å²) in [4.78, 5) is 12.1. The minimum absolute atomic E-state index is 0.0279. The molecule has 0 saturated carbocycles. The van der Waals surface area contributed by atoms with E-state index in [1.807, 2.05) is 36.4 Å². The summed E-state index contributed by atoms with van der Waals surface area (Å²) < 4.78 is 5.33. The molecule has 0 spiro atoms. The van der Waals surface area contributed by atoms with Crippen LogP contribution in [0.25, 0.3) is 11.3 Å². The molecule has 2 heterocycles. The highest BCUT2D eigenvalue weighted by atomic mass is 16.3. The summed E-state index contributed by atoms with van der Waals surface area (Å²) in [6.07, 6.45) is 2.62. The quantitative estimate of drug-likeness (QED) is 0.783. The van der Waals surface area contributed by atoms with E-state index in [9.17, 15) is 4.79 Å². The number of hydrogen-bond donors (Lipinski definition) is 3. The van der Waals surface area contributed by atoms with Crippen molar-refractivity contribution in [1.29, 1.82) is 0 Å². The second-order valence-electron chi connectivity index (χ2n) is 5.23. The van der Waals surface area contributed by atoms with Crippen LogP contribution in [0.3, 0.4) is 0 Å². The molecule has 5 nitrogen and oxygen atoms in total. The molecule has 3 rings (SSSR count). The van der Waals surface area contributed by atoms with Crippen molar-refractivity contribution in [3.63, 3.8) is 0 Å². The number of carbonyl (C=O) groups excluding carboxylic acids is 1. The van der Waals surface area contributed by atoms with Crippen LogP contribution in [0, 0.1) is 5.92 Å². The van der Waals surface area contributed by atoms with Gasteiger partial charge in [0.1, 0.15) is 5.76 Å². The number of benzene rings is 1. The predicted octanol–water partition coefficient (Wildman–Crippen LogP) is 1.79. The van der Waals surface area contributed by atoms with Gasteiger partial charge in [0.15, 0.2) is 0 Å². The lowest BCUT2D eigenvalue weighted by atomic mass is 10.1. The van der Waals surface area contributed by atoms with Gasteiger partial charge in [0, 0.05) is 30.8 Å². The third-order valence-electron chi connectivity index (χ3n) is 3.70. The standard InChI is InChI=1S/C16H19N3O2/c20-16(17-8-7-12-10-18-19-11-12)14-5-3-13(4-6-14)15-2-1-9-21-15/h1-6,9,12,18-19H,7-8,10-11H2,(H,17,20). The molecule has 21 heavy (non-hydrogen) atoms. The van der Waals surface area contributed by atoms with Crippen LogP contribution in [-0.2, 0) is 0 Å². The van der Waals surface area contributed by atoms with Crippen molar-refractivity contribution < 1.29 is 9.21 Å². The number of carbonyl (C=O) groups is 1. The third-order valence-corrected chi connectivity index (χ3v) is 3.70. The molecule has 1 aliphatic heterocycles. The van der Waals surface area contributed by atoms with E-state index in [2.05, 4.69) is 16.2 Å². The fourth-order valence-electron chi connectivity index (χ4n) is 2.43. The Labute approximate surface area is 123 Å². The van der Waals surface area contributed by atoms with Crippen molar-refractivity contribution in [1.82, 2.24) is 16.2 Å². The van der Waals surface area contributed by atoms with Gasteiger partial charge in [0.05, 0.1) is 6.26 Å². The first-order valence-electron chi connectivity index (χ1n) is 7.21. The van der Waals surface area contributed by atoms with Crippen molar-refractivity contribution in [2.24, 2.45) is 5.92 Å². The lowest BCUT2D eigenvalue weighted by Crippen LogP contribution is -2.26. The number of hydrazine groups is 1. The SMILES string of the molecule is O=C(NCCC1CNNC1)c1ccc(-c2ccco2)cc1. The Kier molecular flexibility index (Phi) is 4.33. The largest absolute Gasteiger partial charge is 0.464 e. The molecule has 3 N–H and O–H groups in total. The van der Waals surface area contributed by atoms with Crippen LogP contribution in [0.5, 0.6) is 0 Å². The minimum Gasteiger partial charge on any atom is -0.464 e. The Bertz CT molecular complexity index is 572. The first-order valence-corrected chi connectivity index (χ1v) is 7.21. The van der Waals surface area contributed by atoms with Gasteiger partial charge in [-0.05, 0) is 36.6 Å². The van der Waals surface area contributed by atoms with E-state index in [1.54, 1.807) is 6.26 Å². The van der Waals surface area contributed by atoms with Crippen molar-refractivity contribution >= 4 is 5.91 Å². The Hall–Kier alpha value is -2.11. The van der Waals surface area contributed by atoms with Gasteiger partial charge in [-0.1, -0.05) is 12.1 Å². The topological polar surface area (TPSA) is 66.3 Å². The molecule has 1 amide bonds. The minimum atomic E-state index is -0.0279. The van der Waals surface area contributed by atoms with Crippen LogP contribution >= 0.6 is 0 Å². The van der Waals surface area contributed by atoms with Crippen LogP contribution in [0.1, 0.15) is 16.8 Å². The molecule has 1 aromatic heterocycles. The van der Waals surface area contributed by atoms with Crippen molar-refractivity contribution in [3.05, 3.63) is 48.2 Å². The molecule has 0 bridgehead atoms. The first-order chi connectivity index (χ1) is 10.3. The van der Waals surface area contributed by atoms with Gasteiger partial charge in [-0.15, -0.1) is 0 Å². The van der Waals surface area contributed by atoms with Gasteiger partial charge >= 0.3 is 0 Å². The monoisotopic (exact) mass is 285 g/mol. The molecule has 1 aliphatic rings. The molecule has 1 aromatic carbocycles. The normalized spacial score (nSPS) is 15.2. The van der Waals surface area contributed by atoms with Gasteiger partial charge < -0.3 is 9.73 Å². The zero-order valence-electron chi connectivity index (χ0n) is 11.8. The molecular weight excluding hydrogens is 266 g/mol. The molecule has 0 radical (unpaired) electrons. The fourth-order valence-corrected chi connectivity index (χ4v) is 2.43. The maximum absolute atomic E-state index is 12.1. The van der Waals surface area contributed by atoms with E-state index in [0.29, 0.717) is 18.0 Å². The average Bonchev–Trinajstić information content (AvgIpc) is 3.21. The van der Waals surface area contributed by atoms with Crippen molar-refractivity contribution in [2.45, 2.75) is 6.42 Å². The summed E-state index contributed by atoms with van der Waals surface area (Å²) in [6, 6.07) is 11.2. The molecule has 0 aliphatic carbocycles. The maximum Gasteiger partial charge on any atom is 0.251 e. The van der Waals surface area contributed by atoms with Crippen LogP contribution in [0.2, 0.25) is 0 Å². The maximum atomic E-state index is 12.1. The summed E-state index contributed by atoms with van der Waals surface area (Å²) in [5.74, 6) is 1.37. The number of rotatable bonds is 5. The highest BCUT2D eigenvalue weighted by Gasteiger charge is 2.14. The van der Waals surface area contributed by atoms with E-state index in [4.69, 9.17) is 4.42 Å². The lowest BCUT2D eigenvalue weighted by molar-refractivity contribution is 0.0952. The van der Waals surface area contributed by atoms with E-state index < -0.39 is 0 Å². The summed E-state index contributed by atoms with van der Waals surface area (Å²) in [5, 5.41) is 2.96. The predicted molar refractivity (Wildman–Crippen MR) is 80.6 cm³/mol.